The summed E-state index contributed by atoms with van der Waals surface area (Å²) in [5, 5.41) is 1.08. The first-order chi connectivity index (χ1) is 10.1. The van der Waals surface area contributed by atoms with E-state index in [4.69, 9.17) is 10.7 Å². The first-order valence-corrected chi connectivity index (χ1v) is 7.97. The van der Waals surface area contributed by atoms with Gasteiger partial charge in [-0.05, 0) is 50.8 Å². The summed E-state index contributed by atoms with van der Waals surface area (Å²) < 4.78 is 0. The van der Waals surface area contributed by atoms with E-state index in [1.54, 1.807) is 11.3 Å². The number of anilines is 1. The number of aromatic nitrogens is 3. The SMILES string of the molecule is Cc1cc(-c2nc(N)c3c4c(sc3n2)CCC4)cc(C)n1. The summed E-state index contributed by atoms with van der Waals surface area (Å²) in [5.41, 5.74) is 10.5. The molecule has 0 spiro atoms. The van der Waals surface area contributed by atoms with Crippen LogP contribution in [-0.2, 0) is 12.8 Å². The Morgan fingerprint density at radius 1 is 1.05 bits per heavy atom. The number of nitrogens with zero attached hydrogens (tertiary/aromatic N) is 3. The number of fused-ring (bicyclic) bond motifs is 3. The van der Waals surface area contributed by atoms with Crippen molar-refractivity contribution >= 4 is 27.4 Å². The molecule has 0 aliphatic heterocycles. The van der Waals surface area contributed by atoms with E-state index >= 15 is 0 Å². The highest BCUT2D eigenvalue weighted by Gasteiger charge is 2.21. The number of thiophene rings is 1. The van der Waals surface area contributed by atoms with Crippen LogP contribution in [-0.4, -0.2) is 15.0 Å². The van der Waals surface area contributed by atoms with Gasteiger partial charge in [-0.2, -0.15) is 0 Å². The molecule has 3 aromatic heterocycles. The molecule has 4 rings (SSSR count). The third-order valence-corrected chi connectivity index (χ3v) is 5.12. The van der Waals surface area contributed by atoms with Gasteiger partial charge in [-0.1, -0.05) is 0 Å². The normalized spacial score (nSPS) is 13.8. The average Bonchev–Trinajstić information content (AvgIpc) is 2.96. The topological polar surface area (TPSA) is 64.7 Å². The Hall–Kier alpha value is -2.01. The third kappa shape index (κ3) is 2.00. The first kappa shape index (κ1) is 12.7. The molecule has 3 heterocycles. The molecular weight excluding hydrogens is 280 g/mol. The highest BCUT2D eigenvalue weighted by molar-refractivity contribution is 7.19. The fourth-order valence-corrected chi connectivity index (χ4v) is 4.39. The van der Waals surface area contributed by atoms with Gasteiger partial charge < -0.3 is 5.73 Å². The Morgan fingerprint density at radius 3 is 2.57 bits per heavy atom. The lowest BCUT2D eigenvalue weighted by Crippen LogP contribution is -1.98. The van der Waals surface area contributed by atoms with Gasteiger partial charge in [0, 0.05) is 21.8 Å². The summed E-state index contributed by atoms with van der Waals surface area (Å²) in [6.45, 7) is 3.97. The maximum atomic E-state index is 6.23. The zero-order valence-electron chi connectivity index (χ0n) is 12.1. The molecule has 0 atom stereocenters. The monoisotopic (exact) mass is 296 g/mol. The van der Waals surface area contributed by atoms with E-state index < -0.39 is 0 Å². The highest BCUT2D eigenvalue weighted by Crippen LogP contribution is 2.39. The summed E-state index contributed by atoms with van der Waals surface area (Å²) in [7, 11) is 0. The molecule has 0 saturated carbocycles. The molecule has 5 heteroatoms. The largest absolute Gasteiger partial charge is 0.383 e. The van der Waals surface area contributed by atoms with Gasteiger partial charge in [0.1, 0.15) is 10.6 Å². The molecule has 1 aliphatic carbocycles. The first-order valence-electron chi connectivity index (χ1n) is 7.15. The van der Waals surface area contributed by atoms with E-state index in [2.05, 4.69) is 9.97 Å². The molecule has 106 valence electrons. The van der Waals surface area contributed by atoms with Crippen LogP contribution in [0.3, 0.4) is 0 Å². The van der Waals surface area contributed by atoms with Crippen LogP contribution in [0.25, 0.3) is 21.6 Å². The van der Waals surface area contributed by atoms with Gasteiger partial charge in [-0.3, -0.25) is 4.98 Å². The minimum atomic E-state index is 0.613. The zero-order valence-corrected chi connectivity index (χ0v) is 12.9. The summed E-state index contributed by atoms with van der Waals surface area (Å²) >= 11 is 1.77. The molecule has 0 radical (unpaired) electrons. The summed E-state index contributed by atoms with van der Waals surface area (Å²) in [6, 6.07) is 4.02. The molecule has 21 heavy (non-hydrogen) atoms. The molecular formula is C16H16N4S. The van der Waals surface area contributed by atoms with Gasteiger partial charge in [-0.15, -0.1) is 11.3 Å². The van der Waals surface area contributed by atoms with Crippen LogP contribution in [0, 0.1) is 13.8 Å². The van der Waals surface area contributed by atoms with Gasteiger partial charge >= 0.3 is 0 Å². The number of hydrogen-bond donors (Lipinski definition) is 1. The molecule has 0 aromatic carbocycles. The van der Waals surface area contributed by atoms with E-state index in [9.17, 15) is 0 Å². The quantitative estimate of drug-likeness (QED) is 0.747. The van der Waals surface area contributed by atoms with E-state index in [-0.39, 0.29) is 0 Å². The molecule has 0 amide bonds. The van der Waals surface area contributed by atoms with E-state index in [0.717, 1.165) is 40.0 Å². The van der Waals surface area contributed by atoms with Gasteiger partial charge in [0.2, 0.25) is 0 Å². The zero-order chi connectivity index (χ0) is 14.6. The number of aryl methyl sites for hydroxylation is 4. The van der Waals surface area contributed by atoms with Crippen molar-refractivity contribution in [1.29, 1.82) is 0 Å². The predicted octanol–water partition coefficient (Wildman–Crippen LogP) is 3.44. The fraction of sp³-hybridized carbons (Fsp3) is 0.312. The number of nitrogen functional groups attached to an aromatic ring is 1. The minimum absolute atomic E-state index is 0.613. The van der Waals surface area contributed by atoms with Crippen molar-refractivity contribution < 1.29 is 0 Å². The average molecular weight is 296 g/mol. The third-order valence-electron chi connectivity index (χ3n) is 3.93. The lowest BCUT2D eigenvalue weighted by molar-refractivity contribution is 0.917. The molecule has 0 fully saturated rings. The van der Waals surface area contributed by atoms with Crippen LogP contribution in [0.2, 0.25) is 0 Å². The molecule has 2 N–H and O–H groups in total. The second kappa shape index (κ2) is 4.49. The molecule has 0 unspecified atom stereocenters. The van der Waals surface area contributed by atoms with Gasteiger partial charge in [0.05, 0.1) is 5.39 Å². The van der Waals surface area contributed by atoms with E-state index in [1.807, 2.05) is 26.0 Å². The highest BCUT2D eigenvalue weighted by atomic mass is 32.1. The number of nitrogens with two attached hydrogens (primary N) is 1. The van der Waals surface area contributed by atoms with Crippen molar-refractivity contribution in [2.75, 3.05) is 5.73 Å². The van der Waals surface area contributed by atoms with Crippen LogP contribution in [0.15, 0.2) is 12.1 Å². The molecule has 4 nitrogen and oxygen atoms in total. The Morgan fingerprint density at radius 2 is 1.81 bits per heavy atom. The number of pyridine rings is 1. The standard InChI is InChI=1S/C16H16N4S/c1-8-6-10(7-9(2)18-8)15-19-14(17)13-11-4-3-5-12(11)21-16(13)20-15/h6-7H,3-5H2,1-2H3,(H2,17,19,20). The van der Waals surface area contributed by atoms with Crippen molar-refractivity contribution in [1.82, 2.24) is 15.0 Å². The van der Waals surface area contributed by atoms with Gasteiger partial charge in [0.15, 0.2) is 5.82 Å². The summed E-state index contributed by atoms with van der Waals surface area (Å²) in [5.74, 6) is 1.31. The second-order valence-electron chi connectivity index (χ2n) is 5.61. The van der Waals surface area contributed by atoms with Gasteiger partial charge in [-0.25, -0.2) is 9.97 Å². The van der Waals surface area contributed by atoms with Crippen LogP contribution >= 0.6 is 11.3 Å². The second-order valence-corrected chi connectivity index (χ2v) is 6.69. The Bertz CT molecular complexity index is 846. The maximum absolute atomic E-state index is 6.23. The van der Waals surface area contributed by atoms with Crippen molar-refractivity contribution in [3.8, 4) is 11.4 Å². The number of hydrogen-bond acceptors (Lipinski definition) is 5. The summed E-state index contributed by atoms with van der Waals surface area (Å²) in [4.78, 5) is 16.2. The lowest BCUT2D eigenvalue weighted by Gasteiger charge is -2.06. The van der Waals surface area contributed by atoms with Gasteiger partial charge in [0.25, 0.3) is 0 Å². The van der Waals surface area contributed by atoms with Crippen molar-refractivity contribution in [3.05, 3.63) is 34.0 Å². The fourth-order valence-electron chi connectivity index (χ4n) is 3.12. The van der Waals surface area contributed by atoms with E-state index in [0.29, 0.717) is 11.6 Å². The van der Waals surface area contributed by atoms with Crippen LogP contribution < -0.4 is 5.73 Å². The minimum Gasteiger partial charge on any atom is -0.383 e. The lowest BCUT2D eigenvalue weighted by atomic mass is 10.1. The number of rotatable bonds is 1. The Kier molecular flexibility index (Phi) is 2.72. The van der Waals surface area contributed by atoms with Crippen LogP contribution in [0.4, 0.5) is 5.82 Å². The van der Waals surface area contributed by atoms with E-state index in [1.165, 1.54) is 16.9 Å². The van der Waals surface area contributed by atoms with Crippen molar-refractivity contribution in [2.24, 2.45) is 0 Å². The van der Waals surface area contributed by atoms with Crippen LogP contribution in [0.1, 0.15) is 28.2 Å². The van der Waals surface area contributed by atoms with Crippen molar-refractivity contribution in [3.63, 3.8) is 0 Å². The summed E-state index contributed by atoms with van der Waals surface area (Å²) in [6.07, 6.45) is 3.48. The molecule has 0 saturated heterocycles. The Balaban J connectivity index is 1.94. The molecule has 3 aromatic rings. The predicted molar refractivity (Wildman–Crippen MR) is 86.6 cm³/mol. The Labute approximate surface area is 127 Å². The molecule has 1 aliphatic rings. The van der Waals surface area contributed by atoms with Crippen LogP contribution in [0.5, 0.6) is 0 Å². The molecule has 0 bridgehead atoms. The maximum Gasteiger partial charge on any atom is 0.163 e. The smallest absolute Gasteiger partial charge is 0.163 e. The van der Waals surface area contributed by atoms with Crippen molar-refractivity contribution in [2.45, 2.75) is 33.1 Å².